The Bertz CT molecular complexity index is 183. The van der Waals surface area contributed by atoms with Crippen LogP contribution >= 0.6 is 11.8 Å². The van der Waals surface area contributed by atoms with Gasteiger partial charge in [0.05, 0.1) is 16.9 Å². The Kier molecular flexibility index (Phi) is 1.55. The van der Waals surface area contributed by atoms with Crippen LogP contribution in [0.3, 0.4) is 0 Å². The number of hydrogen-bond acceptors (Lipinski definition) is 2. The topological polar surface area (TPSA) is 9.23 Å². The van der Waals surface area contributed by atoms with Crippen molar-refractivity contribution in [2.45, 2.75) is 11.4 Å². The average molecular weight is 151 g/mol. The predicted octanol–water partition coefficient (Wildman–Crippen LogP) is 1.89. The summed E-state index contributed by atoms with van der Waals surface area (Å²) < 4.78 is 5.29. The van der Waals surface area contributed by atoms with Gasteiger partial charge < -0.3 is 4.74 Å². The summed E-state index contributed by atoms with van der Waals surface area (Å²) in [4.78, 5) is 0. The summed E-state index contributed by atoms with van der Waals surface area (Å²) >= 11 is 1.68. The molecule has 0 saturated carbocycles. The van der Waals surface area contributed by atoms with Gasteiger partial charge in [0.1, 0.15) is 6.10 Å². The quantitative estimate of drug-likeness (QED) is 0.523. The maximum Gasteiger partial charge on any atom is 0.132 e. The molecule has 0 spiro atoms. The predicted molar refractivity (Wildman–Crippen MR) is 42.3 cm³/mol. The summed E-state index contributed by atoms with van der Waals surface area (Å²) in [5.41, 5.74) is 0. The second kappa shape index (κ2) is 2.54. The molecule has 0 amide bonds. The minimum atomic E-state index is 0.233. The van der Waals surface area contributed by atoms with E-state index in [9.17, 15) is 0 Å². The summed E-state index contributed by atoms with van der Waals surface area (Å²) in [5, 5.41) is 3.41. The van der Waals surface area contributed by atoms with Gasteiger partial charge in [0, 0.05) is 0 Å². The van der Waals surface area contributed by atoms with Crippen molar-refractivity contribution < 1.29 is 4.74 Å². The van der Waals surface area contributed by atoms with Crippen LogP contribution < -0.4 is 0 Å². The van der Waals surface area contributed by atoms with E-state index in [0.29, 0.717) is 5.25 Å². The number of hydrogen-bond donors (Lipinski definition) is 0. The van der Waals surface area contributed by atoms with Gasteiger partial charge in [-0.2, -0.15) is 0 Å². The molecule has 0 aromatic heterocycles. The molecule has 0 N–H and O–H groups in total. The summed E-state index contributed by atoms with van der Waals surface area (Å²) in [7, 11) is 0. The highest BCUT2D eigenvalue weighted by Crippen LogP contribution is 2.26. The first-order chi connectivity index (χ1) is 4.97. The molecule has 1 heterocycles. The van der Waals surface area contributed by atoms with Gasteiger partial charge in [-0.25, -0.2) is 0 Å². The second-order valence-corrected chi connectivity index (χ2v) is 3.20. The molecular weight excluding hydrogens is 144 g/mol. The number of allylic oxidation sites excluding steroid dienone is 2. The molecule has 2 unspecified atom stereocenters. The van der Waals surface area contributed by atoms with E-state index >= 15 is 0 Å². The molecule has 1 aliphatic carbocycles. The monoisotopic (exact) mass is 151 g/mol. The molecular formula is C8H7OS. The van der Waals surface area contributed by atoms with Crippen LogP contribution in [0.1, 0.15) is 0 Å². The second-order valence-electron chi connectivity index (χ2n) is 2.19. The first-order valence-corrected chi connectivity index (χ1v) is 4.08. The Hall–Kier alpha value is -0.630. The van der Waals surface area contributed by atoms with E-state index in [2.05, 4.69) is 17.6 Å². The molecule has 0 bridgehead atoms. The highest BCUT2D eigenvalue weighted by Gasteiger charge is 2.21. The van der Waals surface area contributed by atoms with E-state index in [1.165, 1.54) is 0 Å². The number of fused-ring (bicyclic) bond motifs is 1. The zero-order chi connectivity index (χ0) is 6.81. The van der Waals surface area contributed by atoms with E-state index in [-0.39, 0.29) is 6.10 Å². The minimum absolute atomic E-state index is 0.233. The molecule has 0 aromatic rings. The molecule has 0 saturated heterocycles. The van der Waals surface area contributed by atoms with Crippen LogP contribution in [0.4, 0.5) is 0 Å². The standard InChI is InChI=1S/C8H7OS/c1-2-4-8-7(3-1)9-5-6-10-8/h1-5,7-8H. The first kappa shape index (κ1) is 6.10. The van der Waals surface area contributed by atoms with Gasteiger partial charge in [-0.05, 0) is 6.08 Å². The molecule has 2 atom stereocenters. The molecule has 1 radical (unpaired) electrons. The molecule has 10 heavy (non-hydrogen) atoms. The summed E-state index contributed by atoms with van der Waals surface area (Å²) in [6, 6.07) is 0. The molecule has 2 rings (SSSR count). The van der Waals surface area contributed by atoms with Crippen LogP contribution in [0, 0.1) is 5.41 Å². The Morgan fingerprint density at radius 3 is 3.10 bits per heavy atom. The van der Waals surface area contributed by atoms with Crippen molar-refractivity contribution >= 4 is 11.8 Å². The van der Waals surface area contributed by atoms with Crippen LogP contribution in [0.2, 0.25) is 0 Å². The minimum Gasteiger partial charge on any atom is -0.491 e. The van der Waals surface area contributed by atoms with Gasteiger partial charge in [-0.1, -0.05) is 18.2 Å². The van der Waals surface area contributed by atoms with Crippen molar-refractivity contribution in [1.82, 2.24) is 0 Å². The zero-order valence-electron chi connectivity index (χ0n) is 5.36. The van der Waals surface area contributed by atoms with Crippen LogP contribution in [0.5, 0.6) is 0 Å². The van der Waals surface area contributed by atoms with Crippen molar-refractivity contribution in [2.24, 2.45) is 0 Å². The van der Waals surface area contributed by atoms with Crippen molar-refractivity contribution in [3.05, 3.63) is 36.0 Å². The average Bonchev–Trinajstić information content (AvgIpc) is 2.05. The SMILES string of the molecule is [C]1=COC2C=CC=CC2S1. The van der Waals surface area contributed by atoms with Gasteiger partial charge in [0.25, 0.3) is 0 Å². The summed E-state index contributed by atoms with van der Waals surface area (Å²) in [6.07, 6.45) is 10.1. The Balaban J connectivity index is 2.19. The lowest BCUT2D eigenvalue weighted by Gasteiger charge is -2.24. The molecule has 2 aliphatic rings. The van der Waals surface area contributed by atoms with Gasteiger partial charge in [0.2, 0.25) is 0 Å². The summed E-state index contributed by atoms with van der Waals surface area (Å²) in [5.74, 6) is 0. The van der Waals surface area contributed by atoms with Crippen molar-refractivity contribution in [3.8, 4) is 0 Å². The van der Waals surface area contributed by atoms with Crippen molar-refractivity contribution in [2.75, 3.05) is 0 Å². The Labute approximate surface area is 64.5 Å². The van der Waals surface area contributed by atoms with E-state index in [0.717, 1.165) is 0 Å². The van der Waals surface area contributed by atoms with E-state index in [1.807, 2.05) is 12.2 Å². The van der Waals surface area contributed by atoms with E-state index < -0.39 is 0 Å². The largest absolute Gasteiger partial charge is 0.491 e. The third-order valence-corrected chi connectivity index (χ3v) is 2.44. The third-order valence-electron chi connectivity index (χ3n) is 1.51. The molecule has 0 fully saturated rings. The van der Waals surface area contributed by atoms with Gasteiger partial charge in [0.15, 0.2) is 0 Å². The molecule has 1 nitrogen and oxygen atoms in total. The maximum absolute atomic E-state index is 5.29. The van der Waals surface area contributed by atoms with Crippen LogP contribution in [0.15, 0.2) is 30.6 Å². The first-order valence-electron chi connectivity index (χ1n) is 3.20. The fraction of sp³-hybridized carbons (Fsp3) is 0.250. The van der Waals surface area contributed by atoms with Gasteiger partial charge in [-0.3, -0.25) is 0 Å². The molecule has 1 aliphatic heterocycles. The maximum atomic E-state index is 5.29. The number of rotatable bonds is 0. The summed E-state index contributed by atoms with van der Waals surface area (Å²) in [6.45, 7) is 0. The van der Waals surface area contributed by atoms with E-state index in [1.54, 1.807) is 18.0 Å². The zero-order valence-corrected chi connectivity index (χ0v) is 6.17. The molecule has 0 aromatic carbocycles. The van der Waals surface area contributed by atoms with Crippen molar-refractivity contribution in [3.63, 3.8) is 0 Å². The van der Waals surface area contributed by atoms with E-state index in [4.69, 9.17) is 4.74 Å². The molecule has 51 valence electrons. The molecule has 2 heteroatoms. The smallest absolute Gasteiger partial charge is 0.132 e. The fourth-order valence-corrected chi connectivity index (χ4v) is 1.73. The highest BCUT2D eigenvalue weighted by molar-refractivity contribution is 8.01. The van der Waals surface area contributed by atoms with Crippen LogP contribution in [0.25, 0.3) is 0 Å². The van der Waals surface area contributed by atoms with Crippen LogP contribution in [-0.2, 0) is 4.74 Å². The highest BCUT2D eigenvalue weighted by atomic mass is 32.2. The third kappa shape index (κ3) is 0.991. The lowest BCUT2D eigenvalue weighted by Crippen LogP contribution is -2.24. The van der Waals surface area contributed by atoms with Crippen LogP contribution in [-0.4, -0.2) is 11.4 Å². The normalized spacial score (nSPS) is 35.2. The van der Waals surface area contributed by atoms with Gasteiger partial charge >= 0.3 is 0 Å². The Morgan fingerprint density at radius 2 is 2.20 bits per heavy atom. The number of thioether (sulfide) groups is 1. The Morgan fingerprint density at radius 1 is 1.30 bits per heavy atom. The van der Waals surface area contributed by atoms with Gasteiger partial charge in [-0.15, -0.1) is 11.8 Å². The number of ether oxygens (including phenoxy) is 1. The van der Waals surface area contributed by atoms with Crippen molar-refractivity contribution in [1.29, 1.82) is 0 Å². The lowest BCUT2D eigenvalue weighted by molar-refractivity contribution is 0.189. The lowest BCUT2D eigenvalue weighted by atomic mass is 10.1. The fourth-order valence-electron chi connectivity index (χ4n) is 1.01.